The number of nitrogens with one attached hydrogen (secondary N) is 2. The molecule has 0 aliphatic carbocycles. The normalized spacial score (nSPS) is 16.1. The van der Waals surface area contributed by atoms with Crippen LogP contribution in [0.5, 0.6) is 5.75 Å². The van der Waals surface area contributed by atoms with E-state index >= 15 is 0 Å². The molecule has 0 amide bonds. The molecular weight excluding hydrogens is 539 g/mol. The summed E-state index contributed by atoms with van der Waals surface area (Å²) < 4.78 is 27.9. The van der Waals surface area contributed by atoms with Crippen molar-refractivity contribution in [1.82, 2.24) is 15.5 Å². The third-order valence-electron chi connectivity index (χ3n) is 4.96. The third kappa shape index (κ3) is 10.0. The van der Waals surface area contributed by atoms with Crippen LogP contribution in [-0.4, -0.2) is 77.2 Å². The smallest absolute Gasteiger partial charge is 0.191 e. The van der Waals surface area contributed by atoms with E-state index in [1.54, 1.807) is 7.11 Å². The molecule has 0 atom stereocenters. The molecule has 172 valence electrons. The summed E-state index contributed by atoms with van der Waals surface area (Å²) in [6.07, 6.45) is 3.99. The zero-order valence-corrected chi connectivity index (χ0v) is 21.9. The largest absolute Gasteiger partial charge is 0.497 e. The van der Waals surface area contributed by atoms with Crippen LogP contribution in [0.3, 0.4) is 0 Å². The van der Waals surface area contributed by atoms with Gasteiger partial charge in [-0.15, -0.1) is 24.0 Å². The van der Waals surface area contributed by atoms with Crippen LogP contribution in [0.4, 0.5) is 0 Å². The summed E-state index contributed by atoms with van der Waals surface area (Å²) in [6.45, 7) is 5.88. The van der Waals surface area contributed by atoms with Gasteiger partial charge in [-0.25, -0.2) is 8.42 Å². The van der Waals surface area contributed by atoms with E-state index in [1.165, 1.54) is 6.26 Å². The lowest BCUT2D eigenvalue weighted by Crippen LogP contribution is -2.49. The number of nitrogens with zero attached hydrogens (tertiary/aromatic N) is 2. The molecule has 7 nitrogen and oxygen atoms in total. The Morgan fingerprint density at radius 1 is 1.33 bits per heavy atom. The van der Waals surface area contributed by atoms with E-state index in [1.807, 2.05) is 25.1 Å². The van der Waals surface area contributed by atoms with Crippen LogP contribution in [0, 0.1) is 0 Å². The van der Waals surface area contributed by atoms with Crippen LogP contribution >= 0.6 is 35.6 Å². The van der Waals surface area contributed by atoms with Gasteiger partial charge in [-0.1, -0.05) is 17.7 Å². The molecule has 0 aromatic heterocycles. The highest BCUT2D eigenvalue weighted by Gasteiger charge is 2.20. The molecule has 2 rings (SSSR count). The number of likely N-dealkylation sites (tertiary alicyclic amines) is 1. The van der Waals surface area contributed by atoms with Crippen molar-refractivity contribution in [2.75, 3.05) is 51.8 Å². The monoisotopic (exact) mass is 572 g/mol. The molecule has 1 aromatic carbocycles. The summed E-state index contributed by atoms with van der Waals surface area (Å²) in [5.41, 5.74) is 1.05. The molecule has 1 aliphatic rings. The number of halogens is 2. The standard InChI is InChI=1S/C20H33ClN4O3S.HI/c1-4-22-20(23-10-7-16-5-6-18(28-2)15-19(16)21)24-17-8-11-25(12-9-17)13-14-29(3,26)27;/h5-6,15,17H,4,7-14H2,1-3H3,(H2,22,23,24);1H. The Bertz CT molecular complexity index is 784. The number of aliphatic imine (C=N–C) groups is 1. The zero-order chi connectivity index (χ0) is 21.3. The maximum absolute atomic E-state index is 11.3. The summed E-state index contributed by atoms with van der Waals surface area (Å²) in [7, 11) is -1.28. The molecule has 0 unspecified atom stereocenters. The summed E-state index contributed by atoms with van der Waals surface area (Å²) in [5.74, 6) is 1.79. The van der Waals surface area contributed by atoms with Gasteiger partial charge in [0.15, 0.2) is 5.96 Å². The number of guanidine groups is 1. The van der Waals surface area contributed by atoms with E-state index in [4.69, 9.17) is 16.3 Å². The number of hydrogen-bond acceptors (Lipinski definition) is 5. The van der Waals surface area contributed by atoms with Crippen LogP contribution in [0.1, 0.15) is 25.3 Å². The molecule has 0 radical (unpaired) electrons. The van der Waals surface area contributed by atoms with Gasteiger partial charge in [0.2, 0.25) is 0 Å². The molecule has 10 heteroatoms. The number of ether oxygens (including phenoxy) is 1. The van der Waals surface area contributed by atoms with Crippen LogP contribution in [0.2, 0.25) is 5.02 Å². The summed E-state index contributed by atoms with van der Waals surface area (Å²) in [5, 5.41) is 7.50. The van der Waals surface area contributed by atoms with E-state index in [2.05, 4.69) is 20.5 Å². The SMILES string of the molecule is CCNC(=NCCc1ccc(OC)cc1Cl)NC1CCN(CCS(C)(=O)=O)CC1.I. The number of rotatable bonds is 9. The third-order valence-corrected chi connectivity index (χ3v) is 6.24. The number of hydrogen-bond donors (Lipinski definition) is 2. The van der Waals surface area contributed by atoms with Gasteiger partial charge in [0.1, 0.15) is 15.6 Å². The Morgan fingerprint density at radius 3 is 2.60 bits per heavy atom. The van der Waals surface area contributed by atoms with E-state index in [-0.39, 0.29) is 29.7 Å². The lowest BCUT2D eigenvalue weighted by atomic mass is 10.1. The summed E-state index contributed by atoms with van der Waals surface area (Å²) >= 11 is 6.31. The fourth-order valence-corrected chi connectivity index (χ4v) is 4.11. The van der Waals surface area contributed by atoms with Crippen molar-refractivity contribution in [2.24, 2.45) is 4.99 Å². The molecule has 1 heterocycles. The Balaban J connectivity index is 0.00000450. The average Bonchev–Trinajstić information content (AvgIpc) is 2.68. The Kier molecular flexibility index (Phi) is 12.3. The molecule has 30 heavy (non-hydrogen) atoms. The first-order chi connectivity index (χ1) is 13.8. The van der Waals surface area contributed by atoms with E-state index in [9.17, 15) is 8.42 Å². The van der Waals surface area contributed by atoms with E-state index in [0.717, 1.165) is 56.2 Å². The van der Waals surface area contributed by atoms with Gasteiger partial charge in [-0.3, -0.25) is 4.99 Å². The van der Waals surface area contributed by atoms with Crippen LogP contribution in [0.25, 0.3) is 0 Å². The molecule has 0 bridgehead atoms. The van der Waals surface area contributed by atoms with Gasteiger partial charge in [0.25, 0.3) is 0 Å². The molecule has 0 saturated carbocycles. The highest BCUT2D eigenvalue weighted by molar-refractivity contribution is 14.0. The minimum atomic E-state index is -2.91. The quantitative estimate of drug-likeness (QED) is 0.269. The Morgan fingerprint density at radius 2 is 2.03 bits per heavy atom. The maximum Gasteiger partial charge on any atom is 0.191 e. The molecule has 1 aromatic rings. The van der Waals surface area contributed by atoms with Crippen molar-refractivity contribution in [3.05, 3.63) is 28.8 Å². The second-order valence-corrected chi connectivity index (χ2v) is 10.0. The number of piperidine rings is 1. The minimum absolute atomic E-state index is 0. The number of methoxy groups -OCH3 is 1. The second-order valence-electron chi connectivity index (χ2n) is 7.36. The van der Waals surface area contributed by atoms with Crippen molar-refractivity contribution >= 4 is 51.4 Å². The Hall–Kier alpha value is -0.780. The highest BCUT2D eigenvalue weighted by Crippen LogP contribution is 2.22. The Labute approximate surface area is 202 Å². The van der Waals surface area contributed by atoms with Crippen molar-refractivity contribution in [1.29, 1.82) is 0 Å². The van der Waals surface area contributed by atoms with Gasteiger partial charge in [-0.2, -0.15) is 0 Å². The van der Waals surface area contributed by atoms with E-state index < -0.39 is 9.84 Å². The molecule has 1 fully saturated rings. The topological polar surface area (TPSA) is 83.0 Å². The first kappa shape index (κ1) is 27.3. The van der Waals surface area contributed by atoms with Gasteiger partial charge in [0.05, 0.1) is 12.9 Å². The minimum Gasteiger partial charge on any atom is -0.497 e. The first-order valence-corrected chi connectivity index (χ1v) is 12.5. The summed E-state index contributed by atoms with van der Waals surface area (Å²) in [4.78, 5) is 6.90. The first-order valence-electron chi connectivity index (χ1n) is 10.1. The van der Waals surface area contributed by atoms with Gasteiger partial charge in [0, 0.05) is 50.0 Å². The van der Waals surface area contributed by atoms with Crippen LogP contribution in [-0.2, 0) is 16.3 Å². The molecule has 1 saturated heterocycles. The molecular formula is C20H34ClIN4O3S. The average molecular weight is 573 g/mol. The van der Waals surface area contributed by atoms with Gasteiger partial charge in [-0.05, 0) is 43.9 Å². The molecule has 1 aliphatic heterocycles. The highest BCUT2D eigenvalue weighted by atomic mass is 127. The summed E-state index contributed by atoms with van der Waals surface area (Å²) in [6, 6.07) is 6.04. The van der Waals surface area contributed by atoms with Crippen LogP contribution < -0.4 is 15.4 Å². The van der Waals surface area contributed by atoms with Crippen molar-refractivity contribution in [2.45, 2.75) is 32.2 Å². The van der Waals surface area contributed by atoms with Crippen LogP contribution in [0.15, 0.2) is 23.2 Å². The zero-order valence-electron chi connectivity index (χ0n) is 18.0. The second kappa shape index (κ2) is 13.6. The van der Waals surface area contributed by atoms with Gasteiger partial charge < -0.3 is 20.3 Å². The number of sulfone groups is 1. The molecule has 2 N–H and O–H groups in total. The number of benzene rings is 1. The maximum atomic E-state index is 11.3. The fourth-order valence-electron chi connectivity index (χ4n) is 3.26. The predicted octanol–water partition coefficient (Wildman–Crippen LogP) is 2.57. The van der Waals surface area contributed by atoms with Crippen molar-refractivity contribution in [3.8, 4) is 5.75 Å². The van der Waals surface area contributed by atoms with E-state index in [0.29, 0.717) is 24.2 Å². The van der Waals surface area contributed by atoms with Crippen molar-refractivity contribution < 1.29 is 13.2 Å². The molecule has 0 spiro atoms. The van der Waals surface area contributed by atoms with Crippen molar-refractivity contribution in [3.63, 3.8) is 0 Å². The lowest BCUT2D eigenvalue weighted by Gasteiger charge is -2.32. The van der Waals surface area contributed by atoms with Gasteiger partial charge >= 0.3 is 0 Å². The fraction of sp³-hybridized carbons (Fsp3) is 0.650. The predicted molar refractivity (Wildman–Crippen MR) is 135 cm³/mol. The lowest BCUT2D eigenvalue weighted by molar-refractivity contribution is 0.216.